The van der Waals surface area contributed by atoms with E-state index in [-0.39, 0.29) is 35.9 Å². The summed E-state index contributed by atoms with van der Waals surface area (Å²) in [5.41, 5.74) is -0.0571. The molecule has 1 rings (SSSR count). The Morgan fingerprint density at radius 3 is 2.67 bits per heavy atom. The summed E-state index contributed by atoms with van der Waals surface area (Å²) in [5.74, 6) is 0.100. The molecule has 0 aromatic rings. The zero-order valence-corrected chi connectivity index (χ0v) is 12.5. The normalized spacial score (nSPS) is 21.9. The molecule has 1 amide bonds. The monoisotopic (exact) mass is 278 g/mol. The molecule has 1 aliphatic heterocycles. The molecule has 2 unspecified atom stereocenters. The van der Waals surface area contributed by atoms with Crippen LogP contribution in [0.25, 0.3) is 0 Å². The molecule has 3 N–H and O–H groups in total. The lowest BCUT2D eigenvalue weighted by atomic mass is 9.87. The van der Waals surface area contributed by atoms with Crippen LogP contribution in [0.3, 0.4) is 0 Å². The highest BCUT2D eigenvalue weighted by Gasteiger charge is 2.24. The summed E-state index contributed by atoms with van der Waals surface area (Å²) >= 11 is 0. The van der Waals surface area contributed by atoms with Crippen molar-refractivity contribution < 1.29 is 9.90 Å². The van der Waals surface area contributed by atoms with Crippen LogP contribution in [0.1, 0.15) is 46.5 Å². The minimum atomic E-state index is -0.324. The summed E-state index contributed by atoms with van der Waals surface area (Å²) < 4.78 is 0. The highest BCUT2D eigenvalue weighted by Crippen LogP contribution is 2.21. The number of rotatable bonds is 5. The lowest BCUT2D eigenvalue weighted by Crippen LogP contribution is -2.48. The molecule has 0 aromatic heterocycles. The Labute approximate surface area is 116 Å². The molecule has 0 aliphatic carbocycles. The summed E-state index contributed by atoms with van der Waals surface area (Å²) in [6, 6.07) is -0.0221. The molecule has 4 nitrogen and oxygen atoms in total. The molecule has 1 saturated heterocycles. The van der Waals surface area contributed by atoms with Gasteiger partial charge in [0.25, 0.3) is 0 Å². The average Bonchev–Trinajstić information content (AvgIpc) is 2.25. The lowest BCUT2D eigenvalue weighted by Gasteiger charge is -2.28. The van der Waals surface area contributed by atoms with Gasteiger partial charge in [-0.05, 0) is 38.1 Å². The highest BCUT2D eigenvalue weighted by molar-refractivity contribution is 5.85. The topological polar surface area (TPSA) is 61.4 Å². The van der Waals surface area contributed by atoms with Crippen molar-refractivity contribution in [2.24, 2.45) is 5.41 Å². The Morgan fingerprint density at radius 2 is 2.17 bits per heavy atom. The first-order chi connectivity index (χ1) is 7.91. The fourth-order valence-electron chi connectivity index (χ4n) is 2.40. The van der Waals surface area contributed by atoms with Gasteiger partial charge in [-0.25, -0.2) is 0 Å². The fourth-order valence-corrected chi connectivity index (χ4v) is 2.40. The molecule has 108 valence electrons. The van der Waals surface area contributed by atoms with Gasteiger partial charge in [-0.1, -0.05) is 20.3 Å². The quantitative estimate of drug-likeness (QED) is 0.714. The fraction of sp³-hybridized carbons (Fsp3) is 0.923. The van der Waals surface area contributed by atoms with Gasteiger partial charge in [0.2, 0.25) is 5.91 Å². The van der Waals surface area contributed by atoms with Crippen LogP contribution in [-0.4, -0.2) is 36.2 Å². The second-order valence-corrected chi connectivity index (χ2v) is 5.94. The van der Waals surface area contributed by atoms with Crippen LogP contribution in [0.4, 0.5) is 0 Å². The smallest absolute Gasteiger partial charge is 0.237 e. The Hall–Kier alpha value is -0.320. The maximum absolute atomic E-state index is 11.9. The maximum Gasteiger partial charge on any atom is 0.237 e. The Morgan fingerprint density at radius 1 is 1.50 bits per heavy atom. The van der Waals surface area contributed by atoms with Crippen molar-refractivity contribution in [1.82, 2.24) is 10.6 Å². The molecule has 18 heavy (non-hydrogen) atoms. The van der Waals surface area contributed by atoms with Crippen molar-refractivity contribution in [2.75, 3.05) is 13.1 Å². The molecule has 0 radical (unpaired) electrons. The summed E-state index contributed by atoms with van der Waals surface area (Å²) in [7, 11) is 0. The zero-order chi connectivity index (χ0) is 12.9. The molecule has 0 bridgehead atoms. The van der Waals surface area contributed by atoms with Crippen LogP contribution >= 0.6 is 12.4 Å². The van der Waals surface area contributed by atoms with Gasteiger partial charge in [0.1, 0.15) is 0 Å². The first-order valence-electron chi connectivity index (χ1n) is 6.60. The maximum atomic E-state index is 11.9. The minimum Gasteiger partial charge on any atom is -0.393 e. The highest BCUT2D eigenvalue weighted by atomic mass is 35.5. The van der Waals surface area contributed by atoms with E-state index in [1.54, 1.807) is 6.92 Å². The molecule has 5 heteroatoms. The van der Waals surface area contributed by atoms with Gasteiger partial charge in [-0.15, -0.1) is 12.4 Å². The van der Waals surface area contributed by atoms with E-state index >= 15 is 0 Å². The van der Waals surface area contributed by atoms with Crippen molar-refractivity contribution in [3.05, 3.63) is 0 Å². The molecule has 0 spiro atoms. The molecule has 2 atom stereocenters. The van der Waals surface area contributed by atoms with Gasteiger partial charge < -0.3 is 15.7 Å². The van der Waals surface area contributed by atoms with E-state index in [0.717, 1.165) is 25.8 Å². The number of hydrogen-bond donors (Lipinski definition) is 3. The summed E-state index contributed by atoms with van der Waals surface area (Å²) in [5, 5.41) is 15.6. The number of hydrogen-bond acceptors (Lipinski definition) is 3. The summed E-state index contributed by atoms with van der Waals surface area (Å²) in [4.78, 5) is 11.9. The molecule has 0 aromatic carbocycles. The first-order valence-corrected chi connectivity index (χ1v) is 6.60. The Balaban J connectivity index is 0.00000289. The van der Waals surface area contributed by atoms with E-state index in [1.165, 1.54) is 0 Å². The Kier molecular flexibility index (Phi) is 7.83. The van der Waals surface area contributed by atoms with Crippen LogP contribution in [0, 0.1) is 5.41 Å². The van der Waals surface area contributed by atoms with Gasteiger partial charge in [0.05, 0.1) is 12.1 Å². The van der Waals surface area contributed by atoms with E-state index in [2.05, 4.69) is 24.5 Å². The predicted octanol–water partition coefficient (Wildman–Crippen LogP) is 1.46. The number of aliphatic hydroxyl groups is 1. The molecular weight excluding hydrogens is 252 g/mol. The number of nitrogens with one attached hydrogen (secondary N) is 2. The number of aliphatic hydroxyl groups excluding tert-OH is 1. The van der Waals surface area contributed by atoms with Crippen LogP contribution in [-0.2, 0) is 4.79 Å². The number of piperidine rings is 1. The van der Waals surface area contributed by atoms with Crippen molar-refractivity contribution in [3.8, 4) is 0 Å². The lowest BCUT2D eigenvalue weighted by molar-refractivity contribution is -0.124. The van der Waals surface area contributed by atoms with Crippen molar-refractivity contribution in [1.29, 1.82) is 0 Å². The van der Waals surface area contributed by atoms with Gasteiger partial charge in [-0.2, -0.15) is 0 Å². The van der Waals surface area contributed by atoms with Crippen LogP contribution in [0.5, 0.6) is 0 Å². The van der Waals surface area contributed by atoms with Crippen molar-refractivity contribution in [2.45, 2.75) is 58.6 Å². The van der Waals surface area contributed by atoms with Crippen LogP contribution < -0.4 is 10.6 Å². The number of carbonyl (C=O) groups excluding carboxylic acids is 1. The summed E-state index contributed by atoms with van der Waals surface area (Å²) in [6.07, 6.45) is 3.60. The van der Waals surface area contributed by atoms with Crippen molar-refractivity contribution in [3.63, 3.8) is 0 Å². The standard InChI is InChI=1S/C13H26N2O2.ClH/c1-10(16)8-13(2,3)9-15-12(17)11-6-4-5-7-14-11;/h10-11,14,16H,4-9H2,1-3H3,(H,15,17);1H. The minimum absolute atomic E-state index is 0. The Bertz CT molecular complexity index is 251. The zero-order valence-electron chi connectivity index (χ0n) is 11.7. The SMILES string of the molecule is CC(O)CC(C)(C)CNC(=O)C1CCCCN1.Cl. The van der Waals surface area contributed by atoms with Crippen molar-refractivity contribution >= 4 is 18.3 Å². The molecule has 0 saturated carbocycles. The molecule has 1 aliphatic rings. The van der Waals surface area contributed by atoms with E-state index in [0.29, 0.717) is 13.0 Å². The second kappa shape index (κ2) is 7.97. The third-order valence-electron chi connectivity index (χ3n) is 3.22. The van der Waals surface area contributed by atoms with E-state index in [1.807, 2.05) is 0 Å². The van der Waals surface area contributed by atoms with E-state index in [9.17, 15) is 9.90 Å². The van der Waals surface area contributed by atoms with Gasteiger partial charge in [0, 0.05) is 6.54 Å². The molecule has 1 heterocycles. The molecule has 1 fully saturated rings. The van der Waals surface area contributed by atoms with Crippen LogP contribution in [0.2, 0.25) is 0 Å². The predicted molar refractivity (Wildman–Crippen MR) is 76.0 cm³/mol. The number of halogens is 1. The van der Waals surface area contributed by atoms with Gasteiger partial charge >= 0.3 is 0 Å². The number of amides is 1. The number of carbonyl (C=O) groups is 1. The van der Waals surface area contributed by atoms with Crippen LogP contribution in [0.15, 0.2) is 0 Å². The summed E-state index contributed by atoms with van der Waals surface area (Å²) in [6.45, 7) is 7.47. The third-order valence-corrected chi connectivity index (χ3v) is 3.22. The molecular formula is C13H27ClN2O2. The van der Waals surface area contributed by atoms with E-state index in [4.69, 9.17) is 0 Å². The van der Waals surface area contributed by atoms with Gasteiger partial charge in [-0.3, -0.25) is 4.79 Å². The third kappa shape index (κ3) is 6.57. The van der Waals surface area contributed by atoms with Gasteiger partial charge in [0.15, 0.2) is 0 Å². The largest absolute Gasteiger partial charge is 0.393 e. The first kappa shape index (κ1) is 17.7. The average molecular weight is 279 g/mol. The van der Waals surface area contributed by atoms with E-state index < -0.39 is 0 Å². The second-order valence-electron chi connectivity index (χ2n) is 5.94.